The Kier molecular flexibility index (Phi) is 7.08. The van der Waals surface area contributed by atoms with Gasteiger partial charge in [-0.3, -0.25) is 14.5 Å². The Labute approximate surface area is 179 Å². The maximum absolute atomic E-state index is 13.0. The van der Waals surface area contributed by atoms with Gasteiger partial charge in [0.1, 0.15) is 5.82 Å². The SMILES string of the molecule is CC[C@H](C)n1nccc1NC(=O)[C@@H](C)N1CCC(C(=O)c2ccc(C)cc2C)CC1. The summed E-state index contributed by atoms with van der Waals surface area (Å²) in [5.41, 5.74) is 3.06. The topological polar surface area (TPSA) is 67.2 Å². The molecule has 1 amide bonds. The van der Waals surface area contributed by atoms with Crippen LogP contribution in [0, 0.1) is 19.8 Å². The highest BCUT2D eigenvalue weighted by Crippen LogP contribution is 2.25. The van der Waals surface area contributed by atoms with E-state index >= 15 is 0 Å². The second-order valence-electron chi connectivity index (χ2n) is 8.58. The van der Waals surface area contributed by atoms with Crippen molar-refractivity contribution in [1.29, 1.82) is 0 Å². The summed E-state index contributed by atoms with van der Waals surface area (Å²) in [7, 11) is 0. The molecule has 0 radical (unpaired) electrons. The van der Waals surface area contributed by atoms with Crippen LogP contribution in [-0.4, -0.2) is 45.5 Å². The average molecular weight is 411 g/mol. The molecule has 0 saturated carbocycles. The lowest BCUT2D eigenvalue weighted by atomic mass is 9.86. The molecule has 1 N–H and O–H groups in total. The van der Waals surface area contributed by atoms with E-state index in [-0.39, 0.29) is 29.7 Å². The third kappa shape index (κ3) is 4.81. The van der Waals surface area contributed by atoms with Crippen molar-refractivity contribution in [3.05, 3.63) is 47.2 Å². The molecule has 0 spiro atoms. The first-order valence-electron chi connectivity index (χ1n) is 11.0. The summed E-state index contributed by atoms with van der Waals surface area (Å²) in [6.45, 7) is 11.7. The van der Waals surface area contributed by atoms with Crippen LogP contribution in [0.15, 0.2) is 30.5 Å². The molecule has 1 fully saturated rings. The standard InChI is InChI=1S/C24H34N4O2/c1-6-18(4)28-22(9-12-25-28)26-24(30)19(5)27-13-10-20(11-14-27)23(29)21-8-7-16(2)15-17(21)3/h7-9,12,15,18-20H,6,10-11,13-14H2,1-5H3,(H,26,30)/t18-,19+/m0/s1. The summed E-state index contributed by atoms with van der Waals surface area (Å²) < 4.78 is 1.86. The van der Waals surface area contributed by atoms with Gasteiger partial charge in [0.15, 0.2) is 5.78 Å². The molecule has 3 rings (SSSR count). The molecule has 0 unspecified atom stereocenters. The van der Waals surface area contributed by atoms with E-state index in [1.807, 2.05) is 43.7 Å². The van der Waals surface area contributed by atoms with Crippen LogP contribution in [0.5, 0.6) is 0 Å². The number of rotatable bonds is 7. The molecule has 1 aliphatic rings. The van der Waals surface area contributed by atoms with Gasteiger partial charge in [-0.2, -0.15) is 5.10 Å². The molecule has 6 nitrogen and oxygen atoms in total. The molecule has 2 aromatic rings. The zero-order valence-corrected chi connectivity index (χ0v) is 18.8. The zero-order chi connectivity index (χ0) is 21.8. The van der Waals surface area contributed by atoms with Gasteiger partial charge in [-0.05, 0) is 65.6 Å². The molecule has 6 heteroatoms. The smallest absolute Gasteiger partial charge is 0.242 e. The highest BCUT2D eigenvalue weighted by molar-refractivity contribution is 5.99. The Morgan fingerprint density at radius 2 is 1.87 bits per heavy atom. The summed E-state index contributed by atoms with van der Waals surface area (Å²) in [6.07, 6.45) is 4.24. The molecule has 0 bridgehead atoms. The molecule has 30 heavy (non-hydrogen) atoms. The number of anilines is 1. The number of piperidine rings is 1. The normalized spacial score (nSPS) is 17.5. The Hall–Kier alpha value is -2.47. The Morgan fingerprint density at radius 3 is 2.50 bits per heavy atom. The lowest BCUT2D eigenvalue weighted by molar-refractivity contribution is -0.121. The van der Waals surface area contributed by atoms with E-state index in [1.54, 1.807) is 6.20 Å². The predicted molar refractivity (Wildman–Crippen MR) is 120 cm³/mol. The quantitative estimate of drug-likeness (QED) is 0.687. The summed E-state index contributed by atoms with van der Waals surface area (Å²) in [5, 5.41) is 7.36. The van der Waals surface area contributed by atoms with Crippen LogP contribution < -0.4 is 5.32 Å². The van der Waals surface area contributed by atoms with Gasteiger partial charge in [-0.1, -0.05) is 30.7 Å². The fourth-order valence-corrected chi connectivity index (χ4v) is 4.19. The number of nitrogens with one attached hydrogen (secondary N) is 1. The van der Waals surface area contributed by atoms with Crippen molar-refractivity contribution in [3.63, 3.8) is 0 Å². The lowest BCUT2D eigenvalue weighted by Gasteiger charge is -2.35. The van der Waals surface area contributed by atoms with Crippen molar-refractivity contribution in [2.24, 2.45) is 5.92 Å². The largest absolute Gasteiger partial charge is 0.310 e. The van der Waals surface area contributed by atoms with Crippen LogP contribution in [0.25, 0.3) is 0 Å². The number of carbonyl (C=O) groups excluding carboxylic acids is 2. The third-order valence-corrected chi connectivity index (χ3v) is 6.40. The second-order valence-corrected chi connectivity index (χ2v) is 8.58. The summed E-state index contributed by atoms with van der Waals surface area (Å²) in [6, 6.07) is 7.85. The van der Waals surface area contributed by atoms with E-state index in [0.717, 1.165) is 49.3 Å². The maximum atomic E-state index is 13.0. The Bertz CT molecular complexity index is 896. The van der Waals surface area contributed by atoms with Crippen LogP contribution >= 0.6 is 0 Å². The second kappa shape index (κ2) is 9.56. The first-order chi connectivity index (χ1) is 14.3. The van der Waals surface area contributed by atoms with Gasteiger partial charge in [0, 0.05) is 17.5 Å². The van der Waals surface area contributed by atoms with Crippen molar-refractivity contribution in [1.82, 2.24) is 14.7 Å². The van der Waals surface area contributed by atoms with Gasteiger partial charge >= 0.3 is 0 Å². The Balaban J connectivity index is 1.57. The minimum absolute atomic E-state index is 0.0285. The number of amides is 1. The van der Waals surface area contributed by atoms with Crippen molar-refractivity contribution >= 4 is 17.5 Å². The number of benzene rings is 1. The molecular weight excluding hydrogens is 376 g/mol. The number of hydrogen-bond acceptors (Lipinski definition) is 4. The minimum Gasteiger partial charge on any atom is -0.310 e. The Morgan fingerprint density at radius 1 is 1.17 bits per heavy atom. The zero-order valence-electron chi connectivity index (χ0n) is 18.8. The van der Waals surface area contributed by atoms with Crippen LogP contribution in [-0.2, 0) is 4.79 Å². The lowest BCUT2D eigenvalue weighted by Crippen LogP contribution is -2.47. The fraction of sp³-hybridized carbons (Fsp3) is 0.542. The van der Waals surface area contributed by atoms with E-state index in [1.165, 1.54) is 5.56 Å². The molecule has 2 heterocycles. The van der Waals surface area contributed by atoms with Crippen LogP contribution in [0.4, 0.5) is 5.82 Å². The van der Waals surface area contributed by atoms with Crippen molar-refractivity contribution in [2.45, 2.75) is 66.0 Å². The van der Waals surface area contributed by atoms with E-state index in [4.69, 9.17) is 0 Å². The first kappa shape index (κ1) is 22.2. The van der Waals surface area contributed by atoms with Gasteiger partial charge in [-0.15, -0.1) is 0 Å². The molecule has 1 saturated heterocycles. The van der Waals surface area contributed by atoms with Crippen LogP contribution in [0.3, 0.4) is 0 Å². The number of Topliss-reactive ketones (excluding diaryl/α,β-unsaturated/α-hetero) is 1. The van der Waals surface area contributed by atoms with E-state index < -0.39 is 0 Å². The minimum atomic E-state index is -0.248. The number of ketones is 1. The molecule has 1 aromatic heterocycles. The van der Waals surface area contributed by atoms with Crippen molar-refractivity contribution in [2.75, 3.05) is 18.4 Å². The number of nitrogens with zero attached hydrogens (tertiary/aromatic N) is 3. The molecule has 1 aliphatic heterocycles. The van der Waals surface area contributed by atoms with Gasteiger partial charge in [-0.25, -0.2) is 4.68 Å². The maximum Gasteiger partial charge on any atom is 0.242 e. The third-order valence-electron chi connectivity index (χ3n) is 6.40. The highest BCUT2D eigenvalue weighted by atomic mass is 16.2. The van der Waals surface area contributed by atoms with Gasteiger partial charge in [0.25, 0.3) is 0 Å². The summed E-state index contributed by atoms with van der Waals surface area (Å²) in [5.74, 6) is 0.979. The van der Waals surface area contributed by atoms with Gasteiger partial charge in [0.05, 0.1) is 18.3 Å². The first-order valence-corrected chi connectivity index (χ1v) is 11.0. The molecule has 2 atom stereocenters. The van der Waals surface area contributed by atoms with Gasteiger partial charge < -0.3 is 5.32 Å². The molecule has 0 aliphatic carbocycles. The average Bonchev–Trinajstić information content (AvgIpc) is 3.20. The highest BCUT2D eigenvalue weighted by Gasteiger charge is 2.31. The van der Waals surface area contributed by atoms with Crippen LogP contribution in [0.2, 0.25) is 0 Å². The van der Waals surface area contributed by atoms with E-state index in [9.17, 15) is 9.59 Å². The fourth-order valence-electron chi connectivity index (χ4n) is 4.19. The van der Waals surface area contributed by atoms with Crippen molar-refractivity contribution in [3.8, 4) is 0 Å². The number of aryl methyl sites for hydroxylation is 2. The van der Waals surface area contributed by atoms with Crippen LogP contribution in [0.1, 0.15) is 67.6 Å². The molecule has 162 valence electrons. The number of carbonyl (C=O) groups is 2. The monoisotopic (exact) mass is 410 g/mol. The predicted octanol–water partition coefficient (Wildman–Crippen LogP) is 4.39. The van der Waals surface area contributed by atoms with E-state index in [0.29, 0.717) is 0 Å². The number of aromatic nitrogens is 2. The number of hydrogen-bond donors (Lipinski definition) is 1. The summed E-state index contributed by atoms with van der Waals surface area (Å²) in [4.78, 5) is 28.0. The van der Waals surface area contributed by atoms with Crippen molar-refractivity contribution < 1.29 is 9.59 Å². The molecule has 1 aromatic carbocycles. The number of likely N-dealkylation sites (tertiary alicyclic amines) is 1. The van der Waals surface area contributed by atoms with Gasteiger partial charge in [0.2, 0.25) is 5.91 Å². The summed E-state index contributed by atoms with van der Waals surface area (Å²) >= 11 is 0. The van der Waals surface area contributed by atoms with E-state index in [2.05, 4.69) is 35.2 Å². The molecular formula is C24H34N4O2.